The molecule has 1 N–H and O–H groups in total. The molecule has 1 fully saturated rings. The van der Waals surface area contributed by atoms with Crippen molar-refractivity contribution >= 4 is 5.97 Å². The summed E-state index contributed by atoms with van der Waals surface area (Å²) >= 11 is 0. The third kappa shape index (κ3) is 2.98. The van der Waals surface area contributed by atoms with Gasteiger partial charge in [0.05, 0.1) is 5.92 Å². The molecule has 3 heteroatoms. The van der Waals surface area contributed by atoms with Crippen LogP contribution < -0.4 is 0 Å². The van der Waals surface area contributed by atoms with Crippen LogP contribution in [0.3, 0.4) is 0 Å². The van der Waals surface area contributed by atoms with Gasteiger partial charge in [0.15, 0.2) is 0 Å². The van der Waals surface area contributed by atoms with Crippen molar-refractivity contribution in [2.24, 2.45) is 5.92 Å². The highest BCUT2D eigenvalue weighted by molar-refractivity contribution is 5.71. The Morgan fingerprint density at radius 3 is 2.67 bits per heavy atom. The lowest BCUT2D eigenvalue weighted by atomic mass is 9.97. The number of benzene rings is 2. The first kappa shape index (κ1) is 13.8. The Labute approximate surface area is 124 Å². The van der Waals surface area contributed by atoms with Gasteiger partial charge in [-0.1, -0.05) is 42.5 Å². The summed E-state index contributed by atoms with van der Waals surface area (Å²) in [6, 6.07) is 16.9. The lowest BCUT2D eigenvalue weighted by molar-refractivity contribution is -0.147. The standard InChI is InChI=1S/C18H19NO2/c1-13-5-2-3-8-17(13)15-7-4-6-14(9-15)10-19-11-16(12-19)18(20)21/h2-9,16H,10-12H2,1H3,(H,20,21). The summed E-state index contributed by atoms with van der Waals surface area (Å²) in [6.07, 6.45) is 0. The molecule has 0 radical (unpaired) electrons. The van der Waals surface area contributed by atoms with Crippen LogP contribution in [0.4, 0.5) is 0 Å². The molecule has 3 nitrogen and oxygen atoms in total. The summed E-state index contributed by atoms with van der Waals surface area (Å²) in [5.74, 6) is -0.871. The highest BCUT2D eigenvalue weighted by atomic mass is 16.4. The molecule has 0 aromatic heterocycles. The highest BCUT2D eigenvalue weighted by Crippen LogP contribution is 2.25. The fourth-order valence-corrected chi connectivity index (χ4v) is 2.85. The van der Waals surface area contributed by atoms with Gasteiger partial charge in [-0.2, -0.15) is 0 Å². The van der Waals surface area contributed by atoms with Crippen LogP contribution in [-0.4, -0.2) is 29.1 Å². The van der Waals surface area contributed by atoms with E-state index < -0.39 is 5.97 Å². The summed E-state index contributed by atoms with van der Waals surface area (Å²) in [6.45, 7) is 4.26. The Hall–Kier alpha value is -2.13. The first-order chi connectivity index (χ1) is 10.1. The van der Waals surface area contributed by atoms with E-state index in [0.717, 1.165) is 6.54 Å². The number of carboxylic acid groups (broad SMARTS) is 1. The van der Waals surface area contributed by atoms with E-state index in [-0.39, 0.29) is 5.92 Å². The second-order valence-corrected chi connectivity index (χ2v) is 5.74. The largest absolute Gasteiger partial charge is 0.481 e. The normalized spacial score (nSPS) is 15.7. The number of aliphatic carboxylic acids is 1. The first-order valence-electron chi connectivity index (χ1n) is 7.23. The topological polar surface area (TPSA) is 40.5 Å². The van der Waals surface area contributed by atoms with Crippen LogP contribution in [0.15, 0.2) is 48.5 Å². The maximum atomic E-state index is 10.8. The maximum absolute atomic E-state index is 10.8. The minimum Gasteiger partial charge on any atom is -0.481 e. The van der Waals surface area contributed by atoms with E-state index in [9.17, 15) is 4.79 Å². The van der Waals surface area contributed by atoms with Crippen LogP contribution >= 0.6 is 0 Å². The van der Waals surface area contributed by atoms with Crippen LogP contribution in [0, 0.1) is 12.8 Å². The smallest absolute Gasteiger partial charge is 0.309 e. The van der Waals surface area contributed by atoms with Crippen molar-refractivity contribution in [3.8, 4) is 11.1 Å². The number of rotatable bonds is 4. The van der Waals surface area contributed by atoms with Crippen molar-refractivity contribution in [1.29, 1.82) is 0 Å². The summed E-state index contributed by atoms with van der Waals surface area (Å²) in [5.41, 5.74) is 4.98. The molecule has 2 aromatic rings. The molecule has 0 saturated carbocycles. The number of carbonyl (C=O) groups is 1. The lowest BCUT2D eigenvalue weighted by Crippen LogP contribution is -2.49. The second-order valence-electron chi connectivity index (χ2n) is 5.74. The minimum atomic E-state index is -0.681. The zero-order chi connectivity index (χ0) is 14.8. The number of likely N-dealkylation sites (tertiary alicyclic amines) is 1. The summed E-state index contributed by atoms with van der Waals surface area (Å²) in [4.78, 5) is 13.0. The molecule has 0 bridgehead atoms. The fraction of sp³-hybridized carbons (Fsp3) is 0.278. The third-order valence-corrected chi connectivity index (χ3v) is 4.10. The predicted molar refractivity (Wildman–Crippen MR) is 83.0 cm³/mol. The Morgan fingerprint density at radius 1 is 1.19 bits per heavy atom. The molecule has 0 unspecified atom stereocenters. The van der Waals surface area contributed by atoms with Gasteiger partial charge in [0, 0.05) is 19.6 Å². The van der Waals surface area contributed by atoms with E-state index in [4.69, 9.17) is 5.11 Å². The van der Waals surface area contributed by atoms with Gasteiger partial charge in [0.1, 0.15) is 0 Å². The van der Waals surface area contributed by atoms with E-state index in [0.29, 0.717) is 13.1 Å². The van der Waals surface area contributed by atoms with Crippen molar-refractivity contribution in [2.75, 3.05) is 13.1 Å². The molecule has 1 saturated heterocycles. The monoisotopic (exact) mass is 281 g/mol. The van der Waals surface area contributed by atoms with Gasteiger partial charge in [0.25, 0.3) is 0 Å². The molecule has 108 valence electrons. The molecule has 21 heavy (non-hydrogen) atoms. The summed E-state index contributed by atoms with van der Waals surface area (Å²) in [5, 5.41) is 8.91. The SMILES string of the molecule is Cc1ccccc1-c1cccc(CN2CC(C(=O)O)C2)c1. The molecular formula is C18H19NO2. The average Bonchev–Trinajstić information content (AvgIpc) is 2.43. The van der Waals surface area contributed by atoms with Crippen molar-refractivity contribution in [2.45, 2.75) is 13.5 Å². The van der Waals surface area contributed by atoms with E-state index in [2.05, 4.69) is 60.4 Å². The fourth-order valence-electron chi connectivity index (χ4n) is 2.85. The maximum Gasteiger partial charge on any atom is 0.309 e. The number of hydrogen-bond donors (Lipinski definition) is 1. The van der Waals surface area contributed by atoms with E-state index in [1.165, 1.54) is 22.3 Å². The molecule has 0 atom stereocenters. The third-order valence-electron chi connectivity index (χ3n) is 4.10. The van der Waals surface area contributed by atoms with Crippen molar-refractivity contribution in [3.05, 3.63) is 59.7 Å². The van der Waals surface area contributed by atoms with E-state index >= 15 is 0 Å². The molecule has 0 amide bonds. The van der Waals surface area contributed by atoms with Gasteiger partial charge in [-0.25, -0.2) is 0 Å². The Balaban J connectivity index is 1.73. The number of carboxylic acids is 1. The van der Waals surface area contributed by atoms with Crippen molar-refractivity contribution in [1.82, 2.24) is 4.90 Å². The van der Waals surface area contributed by atoms with Gasteiger partial charge in [0.2, 0.25) is 0 Å². The summed E-state index contributed by atoms with van der Waals surface area (Å²) in [7, 11) is 0. The number of nitrogens with zero attached hydrogens (tertiary/aromatic N) is 1. The molecule has 2 aromatic carbocycles. The lowest BCUT2D eigenvalue weighted by Gasteiger charge is -2.36. The van der Waals surface area contributed by atoms with Crippen LogP contribution in [0.1, 0.15) is 11.1 Å². The molecule has 0 aliphatic carbocycles. The van der Waals surface area contributed by atoms with Crippen LogP contribution in [-0.2, 0) is 11.3 Å². The highest BCUT2D eigenvalue weighted by Gasteiger charge is 2.32. The molecule has 1 heterocycles. The van der Waals surface area contributed by atoms with Crippen molar-refractivity contribution < 1.29 is 9.90 Å². The first-order valence-corrected chi connectivity index (χ1v) is 7.23. The van der Waals surface area contributed by atoms with Gasteiger partial charge < -0.3 is 5.11 Å². The summed E-state index contributed by atoms with van der Waals surface area (Å²) < 4.78 is 0. The quantitative estimate of drug-likeness (QED) is 0.935. The van der Waals surface area contributed by atoms with E-state index in [1.54, 1.807) is 0 Å². The molecular weight excluding hydrogens is 262 g/mol. The van der Waals surface area contributed by atoms with Gasteiger partial charge in [-0.15, -0.1) is 0 Å². The average molecular weight is 281 g/mol. The van der Waals surface area contributed by atoms with Crippen LogP contribution in [0.25, 0.3) is 11.1 Å². The predicted octanol–water partition coefficient (Wildman–Crippen LogP) is 3.18. The van der Waals surface area contributed by atoms with Crippen molar-refractivity contribution in [3.63, 3.8) is 0 Å². The number of hydrogen-bond acceptors (Lipinski definition) is 2. The molecule has 0 spiro atoms. The molecule has 1 aliphatic rings. The minimum absolute atomic E-state index is 0.190. The molecule has 1 aliphatic heterocycles. The van der Waals surface area contributed by atoms with Crippen LogP contribution in [0.5, 0.6) is 0 Å². The Bertz CT molecular complexity index is 660. The van der Waals surface area contributed by atoms with Gasteiger partial charge in [-0.3, -0.25) is 9.69 Å². The molecule has 3 rings (SSSR count). The second kappa shape index (κ2) is 5.70. The zero-order valence-electron chi connectivity index (χ0n) is 12.1. The van der Waals surface area contributed by atoms with E-state index in [1.807, 2.05) is 0 Å². The zero-order valence-corrected chi connectivity index (χ0v) is 12.1. The Morgan fingerprint density at radius 2 is 1.95 bits per heavy atom. The van der Waals surface area contributed by atoms with Gasteiger partial charge in [-0.05, 0) is 35.2 Å². The Kier molecular flexibility index (Phi) is 3.76. The number of aryl methyl sites for hydroxylation is 1. The van der Waals surface area contributed by atoms with Gasteiger partial charge >= 0.3 is 5.97 Å². The van der Waals surface area contributed by atoms with Crippen LogP contribution in [0.2, 0.25) is 0 Å².